The zero-order valence-corrected chi connectivity index (χ0v) is 16.6. The summed E-state index contributed by atoms with van der Waals surface area (Å²) >= 11 is 0. The van der Waals surface area contributed by atoms with Crippen LogP contribution in [0.3, 0.4) is 0 Å². The van der Waals surface area contributed by atoms with Gasteiger partial charge in [0.2, 0.25) is 5.91 Å². The molecule has 1 aliphatic rings. The molecule has 0 spiro atoms. The van der Waals surface area contributed by atoms with Crippen molar-refractivity contribution in [2.45, 2.75) is 25.9 Å². The predicted octanol–water partition coefficient (Wildman–Crippen LogP) is 3.28. The van der Waals surface area contributed by atoms with Crippen molar-refractivity contribution in [3.63, 3.8) is 0 Å². The number of nitrogens with zero attached hydrogens (tertiary/aromatic N) is 2. The summed E-state index contributed by atoms with van der Waals surface area (Å²) in [5, 5.41) is 0. The van der Waals surface area contributed by atoms with Crippen LogP contribution in [-0.2, 0) is 17.8 Å². The lowest BCUT2D eigenvalue weighted by Gasteiger charge is -2.32. The van der Waals surface area contributed by atoms with Crippen LogP contribution in [0.1, 0.15) is 29.7 Å². The van der Waals surface area contributed by atoms with Crippen molar-refractivity contribution < 1.29 is 14.3 Å². The maximum Gasteiger partial charge on any atom is 0.237 e. The van der Waals surface area contributed by atoms with E-state index in [-0.39, 0.29) is 11.9 Å². The van der Waals surface area contributed by atoms with Crippen molar-refractivity contribution in [2.24, 2.45) is 0 Å². The van der Waals surface area contributed by atoms with Gasteiger partial charge in [0.25, 0.3) is 0 Å². The summed E-state index contributed by atoms with van der Waals surface area (Å²) in [7, 11) is 5.28. The van der Waals surface area contributed by atoms with Crippen molar-refractivity contribution in [3.05, 3.63) is 59.2 Å². The number of hydrogen-bond acceptors (Lipinski definition) is 4. The number of methoxy groups -OCH3 is 2. The number of rotatable bonds is 6. The molecule has 5 heteroatoms. The van der Waals surface area contributed by atoms with Crippen LogP contribution in [0, 0.1) is 0 Å². The molecule has 3 rings (SSSR count). The van der Waals surface area contributed by atoms with Crippen molar-refractivity contribution in [2.75, 3.05) is 34.4 Å². The van der Waals surface area contributed by atoms with E-state index >= 15 is 0 Å². The third-order valence-electron chi connectivity index (χ3n) is 5.40. The first-order valence-electron chi connectivity index (χ1n) is 9.30. The number of hydrogen-bond donors (Lipinski definition) is 0. The molecule has 5 nitrogen and oxygen atoms in total. The largest absolute Gasteiger partial charge is 0.493 e. The quantitative estimate of drug-likeness (QED) is 0.785. The molecular formula is C22H28N2O3. The molecule has 27 heavy (non-hydrogen) atoms. The number of fused-ring (bicyclic) bond motifs is 1. The van der Waals surface area contributed by atoms with Crippen LogP contribution in [0.2, 0.25) is 0 Å². The Labute approximate surface area is 161 Å². The van der Waals surface area contributed by atoms with Crippen molar-refractivity contribution >= 4 is 5.91 Å². The van der Waals surface area contributed by atoms with E-state index in [1.54, 1.807) is 14.2 Å². The van der Waals surface area contributed by atoms with Gasteiger partial charge < -0.3 is 14.4 Å². The molecule has 0 aromatic heterocycles. The van der Waals surface area contributed by atoms with Gasteiger partial charge in [0.05, 0.1) is 20.8 Å². The molecule has 0 radical (unpaired) electrons. The molecule has 0 N–H and O–H groups in total. The maximum atomic E-state index is 12.9. The molecule has 0 aliphatic carbocycles. The standard InChI is InChI=1S/C22H28N2O3/c1-16(17-8-6-5-7-9-17)23(2)15-22(25)24-11-10-18-12-20(26-3)21(27-4)13-19(18)14-24/h5-9,12-13,16H,10-11,14-15H2,1-4H3/t16-/m0/s1. The van der Waals surface area contributed by atoms with Gasteiger partial charge in [0.1, 0.15) is 0 Å². The molecule has 0 fully saturated rings. The van der Waals surface area contributed by atoms with Crippen LogP contribution < -0.4 is 9.47 Å². The molecule has 144 valence electrons. The van der Waals surface area contributed by atoms with Crippen LogP contribution >= 0.6 is 0 Å². The first kappa shape index (κ1) is 19.2. The molecule has 0 saturated heterocycles. The van der Waals surface area contributed by atoms with Crippen molar-refractivity contribution in [3.8, 4) is 11.5 Å². The summed E-state index contributed by atoms with van der Waals surface area (Å²) in [5.41, 5.74) is 3.57. The molecule has 2 aromatic carbocycles. The molecule has 1 heterocycles. The fraction of sp³-hybridized carbons (Fsp3) is 0.409. The van der Waals surface area contributed by atoms with Gasteiger partial charge in [-0.25, -0.2) is 0 Å². The number of likely N-dealkylation sites (N-methyl/N-ethyl adjacent to an activating group) is 1. The lowest BCUT2D eigenvalue weighted by Crippen LogP contribution is -2.42. The molecule has 1 atom stereocenters. The number of benzene rings is 2. The van der Waals surface area contributed by atoms with Crippen molar-refractivity contribution in [1.82, 2.24) is 9.80 Å². The first-order chi connectivity index (χ1) is 13.0. The number of amides is 1. The van der Waals surface area contributed by atoms with Crippen LogP contribution in [0.15, 0.2) is 42.5 Å². The fourth-order valence-electron chi connectivity index (χ4n) is 3.53. The zero-order valence-electron chi connectivity index (χ0n) is 16.6. The van der Waals surface area contributed by atoms with Gasteiger partial charge in [-0.1, -0.05) is 30.3 Å². The average Bonchev–Trinajstić information content (AvgIpc) is 2.72. The lowest BCUT2D eigenvalue weighted by atomic mass is 9.98. The van der Waals surface area contributed by atoms with E-state index in [0.29, 0.717) is 18.8 Å². The minimum Gasteiger partial charge on any atom is -0.493 e. The van der Waals surface area contributed by atoms with Crippen molar-refractivity contribution in [1.29, 1.82) is 0 Å². The van der Waals surface area contributed by atoms with Gasteiger partial charge in [-0.2, -0.15) is 0 Å². The Balaban J connectivity index is 1.67. The molecule has 1 amide bonds. The summed E-state index contributed by atoms with van der Waals surface area (Å²) < 4.78 is 10.8. The van der Waals surface area contributed by atoms with Gasteiger partial charge in [0.15, 0.2) is 11.5 Å². The van der Waals surface area contributed by atoms with Gasteiger partial charge in [-0.15, -0.1) is 0 Å². The van der Waals surface area contributed by atoms with Crippen LogP contribution in [0.4, 0.5) is 0 Å². The second-order valence-corrected chi connectivity index (χ2v) is 7.04. The molecule has 0 unspecified atom stereocenters. The second-order valence-electron chi connectivity index (χ2n) is 7.04. The predicted molar refractivity (Wildman–Crippen MR) is 106 cm³/mol. The van der Waals surface area contributed by atoms with E-state index in [1.807, 2.05) is 42.3 Å². The van der Waals surface area contributed by atoms with E-state index in [0.717, 1.165) is 24.3 Å². The summed E-state index contributed by atoms with van der Waals surface area (Å²) in [4.78, 5) is 16.9. The monoisotopic (exact) mass is 368 g/mol. The van der Waals surface area contributed by atoms with Gasteiger partial charge in [-0.3, -0.25) is 9.69 Å². The lowest BCUT2D eigenvalue weighted by molar-refractivity contribution is -0.133. The maximum absolute atomic E-state index is 12.9. The first-order valence-corrected chi connectivity index (χ1v) is 9.30. The Morgan fingerprint density at radius 3 is 2.37 bits per heavy atom. The molecule has 0 saturated carbocycles. The minimum absolute atomic E-state index is 0.153. The Bertz CT molecular complexity index is 792. The Hall–Kier alpha value is -2.53. The normalized spacial score (nSPS) is 14.6. The van der Waals surface area contributed by atoms with E-state index in [4.69, 9.17) is 9.47 Å². The topological polar surface area (TPSA) is 42.0 Å². The zero-order chi connectivity index (χ0) is 19.4. The van der Waals surface area contributed by atoms with Crippen LogP contribution in [0.25, 0.3) is 0 Å². The fourth-order valence-corrected chi connectivity index (χ4v) is 3.53. The second kappa shape index (κ2) is 8.44. The van der Waals surface area contributed by atoms with E-state index < -0.39 is 0 Å². The average molecular weight is 368 g/mol. The Morgan fingerprint density at radius 1 is 1.11 bits per heavy atom. The third-order valence-corrected chi connectivity index (χ3v) is 5.40. The van der Waals surface area contributed by atoms with Gasteiger partial charge >= 0.3 is 0 Å². The minimum atomic E-state index is 0.153. The van der Waals surface area contributed by atoms with Crippen LogP contribution in [-0.4, -0.2) is 50.1 Å². The highest BCUT2D eigenvalue weighted by Crippen LogP contribution is 2.33. The third kappa shape index (κ3) is 4.25. The molecular weight excluding hydrogens is 340 g/mol. The van der Waals surface area contributed by atoms with Gasteiger partial charge in [-0.05, 0) is 49.2 Å². The summed E-state index contributed by atoms with van der Waals surface area (Å²) in [5.74, 6) is 1.61. The molecule has 2 aromatic rings. The molecule has 0 bridgehead atoms. The van der Waals surface area contributed by atoms with E-state index in [2.05, 4.69) is 24.0 Å². The Kier molecular flexibility index (Phi) is 6.01. The SMILES string of the molecule is COc1cc2c(cc1OC)CN(C(=O)CN(C)[C@@H](C)c1ccccc1)CC2. The number of ether oxygens (including phenoxy) is 2. The van der Waals surface area contributed by atoms with E-state index in [9.17, 15) is 4.79 Å². The summed E-state index contributed by atoms with van der Waals surface area (Å²) in [6, 6.07) is 14.5. The smallest absolute Gasteiger partial charge is 0.237 e. The number of carbonyl (C=O) groups excluding carboxylic acids is 1. The van der Waals surface area contributed by atoms with E-state index in [1.165, 1.54) is 11.1 Å². The Morgan fingerprint density at radius 2 is 1.74 bits per heavy atom. The number of carbonyl (C=O) groups is 1. The van der Waals surface area contributed by atoms with Crippen LogP contribution in [0.5, 0.6) is 11.5 Å². The highest BCUT2D eigenvalue weighted by Gasteiger charge is 2.24. The summed E-state index contributed by atoms with van der Waals surface area (Å²) in [6.07, 6.45) is 0.833. The van der Waals surface area contributed by atoms with Gasteiger partial charge in [0, 0.05) is 19.1 Å². The highest BCUT2D eigenvalue weighted by molar-refractivity contribution is 5.78. The molecule has 1 aliphatic heterocycles. The summed E-state index contributed by atoms with van der Waals surface area (Å²) in [6.45, 7) is 3.88. The highest BCUT2D eigenvalue weighted by atomic mass is 16.5.